The van der Waals surface area contributed by atoms with Gasteiger partial charge in [-0.2, -0.15) is 0 Å². The Balaban J connectivity index is 1.53. The second-order valence-electron chi connectivity index (χ2n) is 8.28. The third-order valence-electron chi connectivity index (χ3n) is 6.41. The Hall–Kier alpha value is -2.64. The molecule has 0 radical (unpaired) electrons. The highest BCUT2D eigenvalue weighted by atomic mass is 32.2. The van der Waals surface area contributed by atoms with Crippen molar-refractivity contribution in [2.24, 2.45) is 5.16 Å². The van der Waals surface area contributed by atoms with Crippen molar-refractivity contribution in [2.45, 2.75) is 31.2 Å². The van der Waals surface area contributed by atoms with Crippen LogP contribution in [0.4, 0.5) is 5.13 Å². The number of carbonyl (C=O) groups excluding carboxylic acids is 2. The molecule has 0 bridgehead atoms. The molecule has 2 amide bonds. The molecule has 1 unspecified atom stereocenters. The Bertz CT molecular complexity index is 1030. The van der Waals surface area contributed by atoms with Crippen LogP contribution in [-0.4, -0.2) is 93.4 Å². The first-order valence-electron chi connectivity index (χ1n) is 10.7. The number of quaternary nitrogens is 1. The number of hydrogen-bond donors (Lipinski definition) is 3. The highest BCUT2D eigenvalue weighted by Gasteiger charge is 2.55. The number of nitrogen functional groups attached to an aromatic ring is 1. The summed E-state index contributed by atoms with van der Waals surface area (Å²) < 4.78 is 0.854. The van der Waals surface area contributed by atoms with Crippen molar-refractivity contribution >= 4 is 51.7 Å². The number of nitrogens with one attached hydrogen (secondary N) is 1. The summed E-state index contributed by atoms with van der Waals surface area (Å²) in [6.07, 6.45) is 2.26. The molecule has 178 valence electrons. The minimum atomic E-state index is -1.11. The van der Waals surface area contributed by atoms with Crippen LogP contribution in [0.1, 0.15) is 25.5 Å². The standard InChI is InChI=1S/C20H26N6O5S2/c1-3-26(6-4-5-7-26)8-11-9-32-18-14(17(28)25(18)15(11)19(29)30)23-16(27)13(24-31-2)12-10-33-20(21)22-12/h10,14,18H,3-9H2,1-2H3,(H3-,21,22,23,27,29,30)/p+1/b24-13-/t14?,18-/m0/s1. The van der Waals surface area contributed by atoms with Gasteiger partial charge in [-0.1, -0.05) is 5.16 Å². The Morgan fingerprint density at radius 1 is 1.42 bits per heavy atom. The van der Waals surface area contributed by atoms with Gasteiger partial charge in [-0.3, -0.25) is 14.5 Å². The number of hydrogen-bond acceptors (Lipinski definition) is 9. The number of amides is 2. The first-order valence-corrected chi connectivity index (χ1v) is 12.6. The molecule has 2 atom stereocenters. The van der Waals surface area contributed by atoms with E-state index in [2.05, 4.69) is 22.4 Å². The monoisotopic (exact) mass is 495 g/mol. The van der Waals surface area contributed by atoms with Gasteiger partial charge >= 0.3 is 5.97 Å². The average molecular weight is 496 g/mol. The number of thiazole rings is 1. The van der Waals surface area contributed by atoms with E-state index in [1.54, 1.807) is 5.38 Å². The normalized spacial score (nSPS) is 24.4. The maximum atomic E-state index is 13.0. The summed E-state index contributed by atoms with van der Waals surface area (Å²) >= 11 is 2.62. The third-order valence-corrected chi connectivity index (χ3v) is 8.42. The highest BCUT2D eigenvalue weighted by Crippen LogP contribution is 2.41. The number of nitrogens with two attached hydrogens (primary N) is 1. The maximum absolute atomic E-state index is 13.0. The van der Waals surface area contributed by atoms with Gasteiger partial charge in [0, 0.05) is 29.5 Å². The van der Waals surface area contributed by atoms with E-state index in [0.717, 1.165) is 53.9 Å². The van der Waals surface area contributed by atoms with Crippen molar-refractivity contribution in [1.29, 1.82) is 0 Å². The zero-order chi connectivity index (χ0) is 23.8. The lowest BCUT2D eigenvalue weighted by Crippen LogP contribution is -2.71. The van der Waals surface area contributed by atoms with Crippen LogP contribution in [0.25, 0.3) is 0 Å². The lowest BCUT2D eigenvalue weighted by Gasteiger charge is -2.50. The van der Waals surface area contributed by atoms with Crippen LogP contribution in [-0.2, 0) is 19.2 Å². The fraction of sp³-hybridized carbons (Fsp3) is 0.550. The molecular weight excluding hydrogens is 468 g/mol. The number of carboxylic acid groups (broad SMARTS) is 1. The molecule has 13 heteroatoms. The molecule has 0 aromatic carbocycles. The number of carboxylic acids is 1. The van der Waals surface area contributed by atoms with E-state index in [4.69, 9.17) is 10.6 Å². The van der Waals surface area contributed by atoms with Crippen molar-refractivity contribution in [3.8, 4) is 0 Å². The molecule has 4 N–H and O–H groups in total. The number of β-lactam (4-membered cyclic amide) rings is 1. The molecule has 3 aliphatic heterocycles. The number of thioether (sulfide) groups is 1. The van der Waals surface area contributed by atoms with Crippen LogP contribution in [0.2, 0.25) is 0 Å². The molecule has 2 saturated heterocycles. The van der Waals surface area contributed by atoms with Gasteiger partial charge in [0.2, 0.25) is 0 Å². The van der Waals surface area contributed by atoms with Crippen molar-refractivity contribution in [3.63, 3.8) is 0 Å². The molecule has 11 nitrogen and oxygen atoms in total. The second kappa shape index (κ2) is 9.31. The van der Waals surface area contributed by atoms with E-state index in [1.165, 1.54) is 23.8 Å². The van der Waals surface area contributed by atoms with Crippen LogP contribution in [0.15, 0.2) is 21.8 Å². The van der Waals surface area contributed by atoms with Gasteiger partial charge in [-0.05, 0) is 6.92 Å². The lowest BCUT2D eigenvalue weighted by atomic mass is 10.0. The van der Waals surface area contributed by atoms with Gasteiger partial charge in [0.25, 0.3) is 11.8 Å². The van der Waals surface area contributed by atoms with E-state index in [1.807, 2.05) is 0 Å². The zero-order valence-corrected chi connectivity index (χ0v) is 20.1. The summed E-state index contributed by atoms with van der Waals surface area (Å²) in [5.74, 6) is -1.69. The fourth-order valence-electron chi connectivity index (χ4n) is 4.70. The van der Waals surface area contributed by atoms with Gasteiger partial charge in [0.05, 0.1) is 19.6 Å². The maximum Gasteiger partial charge on any atom is 0.352 e. The molecular formula is C20H27N6O5S2+. The zero-order valence-electron chi connectivity index (χ0n) is 18.4. The number of anilines is 1. The van der Waals surface area contributed by atoms with Crippen molar-refractivity contribution in [1.82, 2.24) is 15.2 Å². The third kappa shape index (κ3) is 4.32. The van der Waals surface area contributed by atoms with Crippen LogP contribution >= 0.6 is 23.1 Å². The lowest BCUT2D eigenvalue weighted by molar-refractivity contribution is -0.910. The van der Waals surface area contributed by atoms with Crippen LogP contribution in [0.5, 0.6) is 0 Å². The summed E-state index contributed by atoms with van der Waals surface area (Å²) in [5, 5.41) is 17.7. The quantitative estimate of drug-likeness (QED) is 0.204. The van der Waals surface area contributed by atoms with Gasteiger partial charge in [0.15, 0.2) is 10.8 Å². The van der Waals surface area contributed by atoms with Crippen molar-refractivity contribution < 1.29 is 28.8 Å². The fourth-order valence-corrected chi connectivity index (χ4v) is 6.59. The topological polar surface area (TPSA) is 147 Å². The number of fused-ring (bicyclic) bond motifs is 1. The minimum absolute atomic E-state index is 0.0603. The second-order valence-corrected chi connectivity index (χ2v) is 10.3. The summed E-state index contributed by atoms with van der Waals surface area (Å²) in [5.41, 5.74) is 6.63. The first-order chi connectivity index (χ1) is 15.8. The number of oxime groups is 1. The summed E-state index contributed by atoms with van der Waals surface area (Å²) in [6, 6.07) is -0.863. The molecule has 2 fully saturated rings. The number of rotatable bonds is 8. The molecule has 0 aliphatic carbocycles. The van der Waals surface area contributed by atoms with Crippen molar-refractivity contribution in [2.75, 3.05) is 44.8 Å². The summed E-state index contributed by atoms with van der Waals surface area (Å²) in [4.78, 5) is 48.1. The highest BCUT2D eigenvalue weighted by molar-refractivity contribution is 8.00. The van der Waals surface area contributed by atoms with Crippen LogP contribution in [0, 0.1) is 0 Å². The molecule has 0 saturated carbocycles. The van der Waals surface area contributed by atoms with E-state index in [9.17, 15) is 19.5 Å². The number of aliphatic carboxylic acids is 1. The predicted octanol–water partition coefficient (Wildman–Crippen LogP) is 0.445. The Morgan fingerprint density at radius 3 is 2.73 bits per heavy atom. The largest absolute Gasteiger partial charge is 0.477 e. The molecule has 3 aliphatic rings. The summed E-state index contributed by atoms with van der Waals surface area (Å²) in [7, 11) is 1.30. The summed E-state index contributed by atoms with van der Waals surface area (Å²) in [6.45, 7) is 5.74. The predicted molar refractivity (Wildman–Crippen MR) is 124 cm³/mol. The molecule has 1 aromatic rings. The molecule has 4 rings (SSSR count). The van der Waals surface area contributed by atoms with Crippen molar-refractivity contribution in [3.05, 3.63) is 22.3 Å². The molecule has 4 heterocycles. The number of aromatic nitrogens is 1. The Kier molecular flexibility index (Phi) is 6.64. The number of carbonyl (C=O) groups is 3. The first kappa shape index (κ1) is 23.5. The molecule has 0 spiro atoms. The average Bonchev–Trinajstić information content (AvgIpc) is 3.44. The molecule has 1 aromatic heterocycles. The van der Waals surface area contributed by atoms with Gasteiger partial charge in [0.1, 0.15) is 36.5 Å². The Labute approximate surface area is 199 Å². The number of likely N-dealkylation sites (N-methyl/N-ethyl adjacent to an activating group) is 1. The minimum Gasteiger partial charge on any atom is -0.477 e. The smallest absolute Gasteiger partial charge is 0.352 e. The number of nitrogens with zero attached hydrogens (tertiary/aromatic N) is 4. The van der Waals surface area contributed by atoms with E-state index in [-0.39, 0.29) is 22.2 Å². The number of likely N-dealkylation sites (tertiary alicyclic amines) is 1. The SMILES string of the molecule is CC[N+]1(CC2=C(C(=O)O)N3C(=O)C(NC(=O)/C(=N\OC)c4csc(N)n4)[C@@H]3SC2)CCCC1. The Morgan fingerprint density at radius 2 is 2.15 bits per heavy atom. The molecule has 33 heavy (non-hydrogen) atoms. The van der Waals surface area contributed by atoms with E-state index < -0.39 is 29.2 Å². The van der Waals surface area contributed by atoms with Crippen LogP contribution in [0.3, 0.4) is 0 Å². The van der Waals surface area contributed by atoms with Gasteiger partial charge in [-0.25, -0.2) is 9.78 Å². The van der Waals surface area contributed by atoms with E-state index >= 15 is 0 Å². The van der Waals surface area contributed by atoms with Crippen LogP contribution < -0.4 is 11.1 Å². The van der Waals surface area contributed by atoms with Gasteiger partial charge < -0.3 is 25.5 Å². The van der Waals surface area contributed by atoms with Gasteiger partial charge in [-0.15, -0.1) is 23.1 Å². The van der Waals surface area contributed by atoms with E-state index in [0.29, 0.717) is 12.3 Å².